The van der Waals surface area contributed by atoms with Gasteiger partial charge in [0.25, 0.3) is 0 Å². The van der Waals surface area contributed by atoms with Crippen LogP contribution in [0.2, 0.25) is 0 Å². The normalized spacial score (nSPS) is 49.6. The minimum Gasteiger partial charge on any atom is -0.493 e. The summed E-state index contributed by atoms with van der Waals surface area (Å²) in [7, 11) is -1.22. The number of likely N-dealkylation sites (N-methyl/N-ethyl adjacent to an activating group) is 1. The molecule has 1 saturated heterocycles. The van der Waals surface area contributed by atoms with Gasteiger partial charge in [0.2, 0.25) is 0 Å². The van der Waals surface area contributed by atoms with Gasteiger partial charge in [-0.2, -0.15) is 0 Å². The smallest absolute Gasteiger partial charge is 0.174 e. The van der Waals surface area contributed by atoms with Gasteiger partial charge < -0.3 is 14.4 Å². The minimum atomic E-state index is -2.96. The summed E-state index contributed by atoms with van der Waals surface area (Å²) in [4.78, 5) is 14.9. The lowest BCUT2D eigenvalue weighted by atomic mass is 9.52. The Bertz CT molecular complexity index is 1020. The highest BCUT2D eigenvalue weighted by Gasteiger charge is 2.65. The summed E-state index contributed by atoms with van der Waals surface area (Å²) in [5.41, 5.74) is -0.969. The van der Waals surface area contributed by atoms with Crippen molar-refractivity contribution in [3.8, 4) is 11.5 Å². The highest BCUT2D eigenvalue weighted by molar-refractivity contribution is 5.89. The number of ether oxygens (including phenoxy) is 2. The number of carbonyl (C=O) groups is 1. The third kappa shape index (κ3) is 1.27. The molecule has 1 spiro atoms. The summed E-state index contributed by atoms with van der Waals surface area (Å²) in [5, 5.41) is 0. The zero-order valence-electron chi connectivity index (χ0n) is 21.0. The number of benzene rings is 1. The first-order chi connectivity index (χ1) is 14.1. The fraction of sp³-hybridized carbons (Fsp3) is 0.611. The molecule has 0 radical (unpaired) electrons. The SMILES string of the molecule is [2H]c1c([2H])c2c3c(c1OC([2H])([2H])[2H])OC1C(=O)C([2H])([2H])C[C@H]4[C@H](N(C)CC[C@]314)C2([2H])[2H]. The topological polar surface area (TPSA) is 38.8 Å². The van der Waals surface area contributed by atoms with Crippen LogP contribution in [0.1, 0.15) is 42.7 Å². The van der Waals surface area contributed by atoms with E-state index in [4.69, 9.17) is 21.8 Å². The van der Waals surface area contributed by atoms with Gasteiger partial charge in [-0.15, -0.1) is 0 Å². The molecule has 1 aromatic rings. The molecular formula is C18H21NO3. The zero-order valence-corrected chi connectivity index (χ0v) is 12.0. The van der Waals surface area contributed by atoms with Gasteiger partial charge in [0, 0.05) is 28.9 Å². The van der Waals surface area contributed by atoms with Crippen LogP contribution >= 0.6 is 0 Å². The molecule has 116 valence electrons. The van der Waals surface area contributed by atoms with Crippen molar-refractivity contribution in [2.45, 2.75) is 43.1 Å². The van der Waals surface area contributed by atoms with E-state index in [0.717, 1.165) is 0 Å². The Balaban J connectivity index is 1.89. The fourth-order valence-corrected chi connectivity index (χ4v) is 4.71. The lowest BCUT2D eigenvalue weighted by Gasteiger charge is -2.57. The van der Waals surface area contributed by atoms with Gasteiger partial charge >= 0.3 is 0 Å². The van der Waals surface area contributed by atoms with Crippen LogP contribution in [0.4, 0.5) is 0 Å². The van der Waals surface area contributed by atoms with Crippen molar-refractivity contribution in [3.63, 3.8) is 0 Å². The molecule has 2 fully saturated rings. The summed E-state index contributed by atoms with van der Waals surface area (Å²) in [6.07, 6.45) is -5.53. The highest BCUT2D eigenvalue weighted by atomic mass is 16.5. The van der Waals surface area contributed by atoms with Gasteiger partial charge in [-0.25, -0.2) is 0 Å². The van der Waals surface area contributed by atoms with Crippen molar-refractivity contribution in [2.75, 3.05) is 20.6 Å². The monoisotopic (exact) mass is 308 g/mol. The Kier molecular flexibility index (Phi) is 1.27. The van der Waals surface area contributed by atoms with Crippen LogP contribution in [-0.4, -0.2) is 43.5 Å². The van der Waals surface area contributed by atoms with Gasteiger partial charge in [0.15, 0.2) is 23.4 Å². The Morgan fingerprint density at radius 1 is 1.59 bits per heavy atom. The van der Waals surface area contributed by atoms with Gasteiger partial charge in [0.1, 0.15) is 0 Å². The second-order valence-electron chi connectivity index (χ2n) is 6.47. The van der Waals surface area contributed by atoms with E-state index in [1.807, 2.05) is 0 Å². The van der Waals surface area contributed by atoms with Crippen LogP contribution in [0.5, 0.6) is 11.5 Å². The first-order valence-corrected chi connectivity index (χ1v) is 7.43. The molecule has 1 aromatic carbocycles. The number of methoxy groups -OCH3 is 1. The largest absolute Gasteiger partial charge is 0.493 e. The highest BCUT2D eigenvalue weighted by Crippen LogP contribution is 2.62. The van der Waals surface area contributed by atoms with E-state index in [-0.39, 0.29) is 23.3 Å². The summed E-state index contributed by atoms with van der Waals surface area (Å²) in [6.45, 7) is 0.418. The number of hydrogen-bond acceptors (Lipinski definition) is 4. The average molecular weight is 308 g/mol. The van der Waals surface area contributed by atoms with E-state index in [1.54, 1.807) is 11.9 Å². The fourth-order valence-electron chi connectivity index (χ4n) is 4.71. The quantitative estimate of drug-likeness (QED) is 0.795. The standard InChI is InChI=1S/C18H21NO3/c1-19-8-7-18-11-4-5-13(20)17(18)22-16-14(21-2)6-3-10(15(16)18)9-12(11)19/h3,6,11-12,17H,4-5,7-9H2,1-2H3/t11-,12+,17?,18-/m0/s1/i2D3,3D,5D2,6D,9D2. The van der Waals surface area contributed by atoms with Gasteiger partial charge in [-0.3, -0.25) is 4.79 Å². The molecular weight excluding hydrogens is 278 g/mol. The first kappa shape index (κ1) is 6.91. The molecule has 4 atom stereocenters. The van der Waals surface area contributed by atoms with Crippen molar-refractivity contribution in [2.24, 2.45) is 5.92 Å². The number of likely N-dealkylation sites (tertiary alicyclic amines) is 1. The van der Waals surface area contributed by atoms with E-state index >= 15 is 0 Å². The van der Waals surface area contributed by atoms with E-state index < -0.39 is 66.9 Å². The van der Waals surface area contributed by atoms with E-state index in [0.29, 0.717) is 13.0 Å². The molecule has 4 heteroatoms. The third-order valence-electron chi connectivity index (χ3n) is 5.68. The molecule has 0 N–H and O–H groups in total. The summed E-state index contributed by atoms with van der Waals surface area (Å²) >= 11 is 0. The van der Waals surface area contributed by atoms with Crippen LogP contribution in [-0.2, 0) is 16.6 Å². The first-order valence-electron chi connectivity index (χ1n) is 11.9. The molecule has 0 amide bonds. The molecule has 1 unspecified atom stereocenters. The lowest BCUT2D eigenvalue weighted by molar-refractivity contribution is -0.138. The van der Waals surface area contributed by atoms with Crippen molar-refractivity contribution in [1.29, 1.82) is 0 Å². The second kappa shape index (κ2) is 4.05. The maximum absolute atomic E-state index is 13.1. The van der Waals surface area contributed by atoms with Crippen molar-refractivity contribution < 1.29 is 26.6 Å². The van der Waals surface area contributed by atoms with Crippen LogP contribution in [0.3, 0.4) is 0 Å². The number of ketones is 1. The van der Waals surface area contributed by atoms with Crippen molar-refractivity contribution >= 4 is 5.78 Å². The number of piperidine rings is 1. The van der Waals surface area contributed by atoms with Crippen molar-refractivity contribution in [1.82, 2.24) is 4.90 Å². The average Bonchev–Trinajstić information content (AvgIpc) is 2.94. The Morgan fingerprint density at radius 3 is 3.36 bits per heavy atom. The number of nitrogens with zero attached hydrogens (tertiary/aromatic N) is 1. The lowest BCUT2D eigenvalue weighted by Crippen LogP contribution is -2.65. The number of hydrogen-bond donors (Lipinski definition) is 0. The van der Waals surface area contributed by atoms with Crippen LogP contribution in [0.15, 0.2) is 12.1 Å². The third-order valence-corrected chi connectivity index (χ3v) is 5.68. The predicted molar refractivity (Wildman–Crippen MR) is 81.6 cm³/mol. The van der Waals surface area contributed by atoms with Crippen LogP contribution in [0, 0.1) is 5.92 Å². The molecule has 5 rings (SSSR count). The van der Waals surface area contributed by atoms with E-state index in [9.17, 15) is 4.79 Å². The molecule has 2 aliphatic carbocycles. The number of Topliss-reactive ketones (excluding diaryl/α,β-unsaturated/α-hetero) is 1. The van der Waals surface area contributed by atoms with Gasteiger partial charge in [0.05, 0.1) is 13.9 Å². The van der Waals surface area contributed by atoms with Gasteiger partial charge in [-0.1, -0.05) is 6.04 Å². The maximum Gasteiger partial charge on any atom is 0.174 e. The van der Waals surface area contributed by atoms with Crippen LogP contribution in [0.25, 0.3) is 0 Å². The number of rotatable bonds is 1. The Hall–Kier alpha value is -1.55. The summed E-state index contributed by atoms with van der Waals surface area (Å²) < 4.78 is 84.6. The van der Waals surface area contributed by atoms with E-state index in [2.05, 4.69) is 0 Å². The molecule has 2 bridgehead atoms. The van der Waals surface area contributed by atoms with E-state index in [1.165, 1.54) is 0 Å². The molecule has 2 heterocycles. The molecule has 1 saturated carbocycles. The zero-order chi connectivity index (χ0) is 22.9. The van der Waals surface area contributed by atoms with Crippen molar-refractivity contribution in [3.05, 3.63) is 23.2 Å². The second-order valence-corrected chi connectivity index (χ2v) is 6.47. The van der Waals surface area contributed by atoms with Crippen LogP contribution < -0.4 is 9.47 Å². The molecule has 22 heavy (non-hydrogen) atoms. The predicted octanol–water partition coefficient (Wildman–Crippen LogP) is 1.93. The molecule has 2 aliphatic heterocycles. The van der Waals surface area contributed by atoms with Gasteiger partial charge in [-0.05, 0) is 50.3 Å². The molecule has 4 nitrogen and oxygen atoms in total. The minimum absolute atomic E-state index is 0.0871. The molecule has 0 aromatic heterocycles. The maximum atomic E-state index is 13.1. The number of carbonyl (C=O) groups excluding carboxylic acids is 1. The summed E-state index contributed by atoms with van der Waals surface area (Å²) in [6, 6.07) is -1.95. The Morgan fingerprint density at radius 2 is 2.50 bits per heavy atom. The molecule has 4 aliphatic rings. The Labute approximate surface area is 143 Å². The summed E-state index contributed by atoms with van der Waals surface area (Å²) in [5.74, 6) is -2.15.